The van der Waals surface area contributed by atoms with Gasteiger partial charge in [-0.15, -0.1) is 0 Å². The molecule has 1 heterocycles. The lowest BCUT2D eigenvalue weighted by atomic mass is 9.87. The molecule has 1 atom stereocenters. The maximum Gasteiger partial charge on any atom is 0.0954 e. The highest BCUT2D eigenvalue weighted by molar-refractivity contribution is 5.33. The van der Waals surface area contributed by atoms with Crippen molar-refractivity contribution in [1.29, 1.82) is 0 Å². The van der Waals surface area contributed by atoms with Crippen LogP contribution in [0.2, 0.25) is 0 Å². The number of aryl methyl sites for hydroxylation is 1. The van der Waals surface area contributed by atoms with Crippen molar-refractivity contribution in [3.05, 3.63) is 53.6 Å². The second-order valence-corrected chi connectivity index (χ2v) is 6.17. The Morgan fingerprint density at radius 2 is 2.10 bits per heavy atom. The van der Waals surface area contributed by atoms with E-state index in [9.17, 15) is 0 Å². The fourth-order valence-corrected chi connectivity index (χ4v) is 3.18. The van der Waals surface area contributed by atoms with Gasteiger partial charge >= 0.3 is 0 Å². The summed E-state index contributed by atoms with van der Waals surface area (Å²) in [6.07, 6.45) is 7.63. The first-order chi connectivity index (χ1) is 9.63. The predicted octanol–water partition coefficient (Wildman–Crippen LogP) is 3.26. The average molecular weight is 269 g/mol. The van der Waals surface area contributed by atoms with E-state index in [1.54, 1.807) is 0 Å². The van der Waals surface area contributed by atoms with Crippen molar-refractivity contribution < 1.29 is 0 Å². The summed E-state index contributed by atoms with van der Waals surface area (Å²) in [6, 6.07) is 9.26. The Bertz CT molecular complexity index is 598. The van der Waals surface area contributed by atoms with Crippen molar-refractivity contribution in [2.75, 3.05) is 7.05 Å². The van der Waals surface area contributed by atoms with Crippen LogP contribution in [0.3, 0.4) is 0 Å². The summed E-state index contributed by atoms with van der Waals surface area (Å²) in [6.45, 7) is 4.41. The maximum atomic E-state index is 4.41. The van der Waals surface area contributed by atoms with Gasteiger partial charge in [0.25, 0.3) is 0 Å². The number of nitrogens with zero attached hydrogens (tertiary/aromatic N) is 2. The van der Waals surface area contributed by atoms with Crippen LogP contribution in [0.4, 0.5) is 0 Å². The van der Waals surface area contributed by atoms with E-state index < -0.39 is 0 Å². The van der Waals surface area contributed by atoms with Gasteiger partial charge in [0.05, 0.1) is 29.8 Å². The minimum Gasteiger partial charge on any atom is -0.325 e. The summed E-state index contributed by atoms with van der Waals surface area (Å²) in [4.78, 5) is 4.41. The molecule has 1 aromatic heterocycles. The molecule has 1 unspecified atom stereocenters. The molecule has 1 N–H and O–H groups in total. The highest BCUT2D eigenvalue weighted by Gasteiger charge is 2.28. The third kappa shape index (κ3) is 2.16. The average Bonchev–Trinajstić information content (AvgIpc) is 2.97. The lowest BCUT2D eigenvalue weighted by Gasteiger charge is -2.32. The van der Waals surface area contributed by atoms with Crippen molar-refractivity contribution >= 4 is 0 Å². The van der Waals surface area contributed by atoms with Crippen LogP contribution >= 0.6 is 0 Å². The molecule has 1 aromatic carbocycles. The zero-order chi connectivity index (χ0) is 14.2. The first kappa shape index (κ1) is 13.4. The van der Waals surface area contributed by atoms with E-state index in [1.165, 1.54) is 36.1 Å². The smallest absolute Gasteiger partial charge is 0.0954 e. The predicted molar refractivity (Wildman–Crippen MR) is 81.8 cm³/mol. The van der Waals surface area contributed by atoms with Gasteiger partial charge in [0.1, 0.15) is 0 Å². The zero-order valence-electron chi connectivity index (χ0n) is 12.6. The highest BCUT2D eigenvalue weighted by Crippen LogP contribution is 2.35. The number of fused-ring (bicyclic) bond motifs is 1. The molecule has 3 nitrogen and oxygen atoms in total. The van der Waals surface area contributed by atoms with Gasteiger partial charge in [0, 0.05) is 0 Å². The monoisotopic (exact) mass is 269 g/mol. The normalized spacial score (nSPS) is 18.9. The van der Waals surface area contributed by atoms with Gasteiger partial charge in [-0.3, -0.25) is 0 Å². The quantitative estimate of drug-likeness (QED) is 0.927. The van der Waals surface area contributed by atoms with Crippen molar-refractivity contribution in [3.8, 4) is 0 Å². The van der Waals surface area contributed by atoms with Crippen LogP contribution in [-0.4, -0.2) is 16.6 Å². The van der Waals surface area contributed by atoms with Gasteiger partial charge in [-0.05, 0) is 51.3 Å². The lowest BCUT2D eigenvalue weighted by Crippen LogP contribution is -2.36. The Morgan fingerprint density at radius 3 is 2.90 bits per heavy atom. The van der Waals surface area contributed by atoms with E-state index in [2.05, 4.69) is 53.0 Å². The Morgan fingerprint density at radius 1 is 1.30 bits per heavy atom. The molecule has 3 rings (SSSR count). The standard InChI is InChI=1S/C17H23N3/c1-17(2,18-3)16-11-19-12-20(16)15-10-6-8-13-7-4-5-9-14(13)15/h4-5,7,9,11-12,15,18H,6,8,10H2,1-3H3. The summed E-state index contributed by atoms with van der Waals surface area (Å²) < 4.78 is 2.36. The molecule has 0 fully saturated rings. The number of hydrogen-bond donors (Lipinski definition) is 1. The molecule has 0 spiro atoms. The first-order valence-electron chi connectivity index (χ1n) is 7.42. The number of imidazole rings is 1. The van der Waals surface area contributed by atoms with Gasteiger partial charge in [0.2, 0.25) is 0 Å². The van der Waals surface area contributed by atoms with Gasteiger partial charge in [-0.2, -0.15) is 0 Å². The molecule has 0 radical (unpaired) electrons. The number of benzene rings is 1. The number of hydrogen-bond acceptors (Lipinski definition) is 2. The fourth-order valence-electron chi connectivity index (χ4n) is 3.18. The van der Waals surface area contributed by atoms with Crippen LogP contribution in [0.1, 0.15) is 49.6 Å². The molecule has 0 aliphatic heterocycles. The Balaban J connectivity index is 2.06. The molecule has 0 amide bonds. The Hall–Kier alpha value is -1.61. The summed E-state index contributed by atoms with van der Waals surface area (Å²) in [7, 11) is 2.01. The van der Waals surface area contributed by atoms with Crippen LogP contribution in [0.15, 0.2) is 36.8 Å². The number of aromatic nitrogens is 2. The second kappa shape index (κ2) is 5.06. The molecule has 106 valence electrons. The maximum absolute atomic E-state index is 4.41. The molecule has 1 aliphatic rings. The van der Waals surface area contributed by atoms with E-state index in [1.807, 2.05) is 19.6 Å². The third-order valence-electron chi connectivity index (χ3n) is 4.60. The molecule has 1 aliphatic carbocycles. The molecule has 0 saturated heterocycles. The SMILES string of the molecule is CNC(C)(C)c1cncn1C1CCCc2ccccc21. The number of nitrogens with one attached hydrogen (secondary N) is 1. The van der Waals surface area contributed by atoms with Crippen LogP contribution in [0.5, 0.6) is 0 Å². The summed E-state index contributed by atoms with van der Waals surface area (Å²) >= 11 is 0. The first-order valence-corrected chi connectivity index (χ1v) is 7.42. The molecule has 2 aromatic rings. The Labute approximate surface area is 121 Å². The third-order valence-corrected chi connectivity index (χ3v) is 4.60. The minimum atomic E-state index is -0.0666. The van der Waals surface area contributed by atoms with E-state index in [0.717, 1.165) is 0 Å². The van der Waals surface area contributed by atoms with Crippen LogP contribution < -0.4 is 5.32 Å². The highest BCUT2D eigenvalue weighted by atomic mass is 15.1. The zero-order valence-corrected chi connectivity index (χ0v) is 12.6. The van der Waals surface area contributed by atoms with Gasteiger partial charge in [-0.1, -0.05) is 24.3 Å². The van der Waals surface area contributed by atoms with Crippen molar-refractivity contribution in [2.24, 2.45) is 0 Å². The second-order valence-electron chi connectivity index (χ2n) is 6.17. The fraction of sp³-hybridized carbons (Fsp3) is 0.471. The van der Waals surface area contributed by atoms with E-state index in [4.69, 9.17) is 0 Å². The van der Waals surface area contributed by atoms with Crippen LogP contribution in [0.25, 0.3) is 0 Å². The van der Waals surface area contributed by atoms with Crippen LogP contribution in [0, 0.1) is 0 Å². The van der Waals surface area contributed by atoms with E-state index in [0.29, 0.717) is 6.04 Å². The molecule has 0 bridgehead atoms. The summed E-state index contributed by atoms with van der Waals surface area (Å²) in [5.41, 5.74) is 4.14. The Kier molecular flexibility index (Phi) is 3.38. The van der Waals surface area contributed by atoms with Gasteiger partial charge in [0.15, 0.2) is 0 Å². The van der Waals surface area contributed by atoms with Gasteiger partial charge in [-0.25, -0.2) is 4.98 Å². The molecule has 20 heavy (non-hydrogen) atoms. The molecular weight excluding hydrogens is 246 g/mol. The molecular formula is C17H23N3. The van der Waals surface area contributed by atoms with E-state index >= 15 is 0 Å². The largest absolute Gasteiger partial charge is 0.325 e. The lowest BCUT2D eigenvalue weighted by molar-refractivity contribution is 0.382. The molecule has 0 saturated carbocycles. The van der Waals surface area contributed by atoms with E-state index in [-0.39, 0.29) is 5.54 Å². The van der Waals surface area contributed by atoms with Crippen molar-refractivity contribution in [1.82, 2.24) is 14.9 Å². The van der Waals surface area contributed by atoms with Crippen LogP contribution in [-0.2, 0) is 12.0 Å². The summed E-state index contributed by atoms with van der Waals surface area (Å²) in [5.74, 6) is 0. The van der Waals surface area contributed by atoms with Crippen molar-refractivity contribution in [3.63, 3.8) is 0 Å². The summed E-state index contributed by atoms with van der Waals surface area (Å²) in [5, 5.41) is 3.39. The topological polar surface area (TPSA) is 29.9 Å². The molecule has 3 heteroatoms. The number of rotatable bonds is 3. The van der Waals surface area contributed by atoms with Gasteiger partial charge < -0.3 is 9.88 Å². The van der Waals surface area contributed by atoms with Crippen molar-refractivity contribution in [2.45, 2.75) is 44.7 Å². The minimum absolute atomic E-state index is 0.0666.